The van der Waals surface area contributed by atoms with Crippen LogP contribution in [-0.4, -0.2) is 66.5 Å². The fourth-order valence-corrected chi connectivity index (χ4v) is 1.89. The standard InChI is InChI=1S/C9H13F2N7O5/c1-22-7-4(15-8(21)9(10,11)16-18-13)6(20)5(19)3(23-7)2-14-17-12/h3-7,19-20H,2H2,1H3,(H,15,21)/t3?,4?,5-,6+,7+/m0/s1. The number of aliphatic hydroxyl groups excluding tert-OH is 2. The van der Waals surface area contributed by atoms with E-state index in [0.717, 1.165) is 7.11 Å². The molecule has 1 rings (SSSR count). The van der Waals surface area contributed by atoms with Gasteiger partial charge in [0, 0.05) is 16.9 Å². The lowest BCUT2D eigenvalue weighted by Crippen LogP contribution is -2.65. The number of carbonyl (C=O) groups excluding carboxylic acids is 1. The zero-order chi connectivity index (χ0) is 17.6. The molecule has 0 aliphatic carbocycles. The lowest BCUT2D eigenvalue weighted by molar-refractivity contribution is -0.254. The van der Waals surface area contributed by atoms with Crippen LogP contribution in [0.25, 0.3) is 20.9 Å². The summed E-state index contributed by atoms with van der Waals surface area (Å²) in [5.74, 6) is -2.01. The fourth-order valence-electron chi connectivity index (χ4n) is 1.89. The third kappa shape index (κ3) is 4.39. The minimum Gasteiger partial charge on any atom is -0.388 e. The van der Waals surface area contributed by atoms with Crippen molar-refractivity contribution in [2.75, 3.05) is 13.7 Å². The van der Waals surface area contributed by atoms with Gasteiger partial charge in [0.2, 0.25) is 0 Å². The number of ether oxygens (including phenoxy) is 2. The first kappa shape index (κ1) is 18.8. The minimum atomic E-state index is -4.40. The summed E-state index contributed by atoms with van der Waals surface area (Å²) in [7, 11) is 1.10. The monoisotopic (exact) mass is 337 g/mol. The zero-order valence-electron chi connectivity index (χ0n) is 11.7. The number of azide groups is 2. The fraction of sp³-hybridized carbons (Fsp3) is 0.889. The van der Waals surface area contributed by atoms with Crippen molar-refractivity contribution in [1.29, 1.82) is 0 Å². The molecule has 1 aliphatic rings. The minimum absolute atomic E-state index is 0.357. The lowest BCUT2D eigenvalue weighted by atomic mass is 9.96. The molecule has 1 amide bonds. The molecule has 12 nitrogen and oxygen atoms in total. The van der Waals surface area contributed by atoms with Crippen molar-refractivity contribution in [2.45, 2.75) is 36.7 Å². The van der Waals surface area contributed by atoms with Crippen molar-refractivity contribution in [3.05, 3.63) is 20.9 Å². The summed E-state index contributed by atoms with van der Waals surface area (Å²) in [6.45, 7) is -0.357. The summed E-state index contributed by atoms with van der Waals surface area (Å²) >= 11 is 0. The van der Waals surface area contributed by atoms with Crippen LogP contribution in [0, 0.1) is 0 Å². The number of alkyl halides is 2. The number of amides is 1. The molecule has 3 N–H and O–H groups in total. The van der Waals surface area contributed by atoms with Gasteiger partial charge in [-0.2, -0.15) is 8.78 Å². The van der Waals surface area contributed by atoms with E-state index in [1.807, 2.05) is 10.0 Å². The van der Waals surface area contributed by atoms with Crippen LogP contribution in [0.2, 0.25) is 0 Å². The van der Waals surface area contributed by atoms with Gasteiger partial charge in [-0.1, -0.05) is 5.11 Å². The van der Waals surface area contributed by atoms with Gasteiger partial charge in [-0.3, -0.25) is 4.79 Å². The number of hydrogen-bond donors (Lipinski definition) is 3. The molecule has 1 heterocycles. The van der Waals surface area contributed by atoms with E-state index >= 15 is 0 Å². The summed E-state index contributed by atoms with van der Waals surface area (Å²) in [6.07, 6.45) is -6.00. The second-order valence-corrected chi connectivity index (χ2v) is 4.40. The zero-order valence-corrected chi connectivity index (χ0v) is 11.7. The first-order chi connectivity index (χ1) is 10.8. The Morgan fingerprint density at radius 1 is 1.39 bits per heavy atom. The molecule has 0 saturated carbocycles. The van der Waals surface area contributed by atoms with Crippen molar-refractivity contribution < 1.29 is 33.3 Å². The molecule has 128 valence electrons. The smallest absolute Gasteiger partial charge is 0.388 e. The Bertz CT molecular complexity index is 534. The SMILES string of the molecule is CO[C@@H]1OC(CN=[N+]=[N-])[C@H](O)[C@H](O)C1NC(=O)C(F)(F)N=[N+]=[N-]. The van der Waals surface area contributed by atoms with Crippen molar-refractivity contribution in [3.63, 3.8) is 0 Å². The lowest BCUT2D eigenvalue weighted by Gasteiger charge is -2.42. The number of halogens is 2. The van der Waals surface area contributed by atoms with Crippen LogP contribution in [0.1, 0.15) is 0 Å². The first-order valence-corrected chi connectivity index (χ1v) is 6.08. The van der Waals surface area contributed by atoms with Gasteiger partial charge in [0.1, 0.15) is 18.2 Å². The van der Waals surface area contributed by atoms with Gasteiger partial charge in [-0.25, -0.2) is 0 Å². The summed E-state index contributed by atoms with van der Waals surface area (Å²) in [6, 6.07) is -5.98. The van der Waals surface area contributed by atoms with Gasteiger partial charge in [0.05, 0.1) is 12.6 Å². The van der Waals surface area contributed by atoms with E-state index in [-0.39, 0.29) is 6.54 Å². The van der Waals surface area contributed by atoms with E-state index < -0.39 is 42.6 Å². The number of aliphatic hydroxyl groups is 2. The third-order valence-corrected chi connectivity index (χ3v) is 3.00. The van der Waals surface area contributed by atoms with Crippen molar-refractivity contribution in [1.82, 2.24) is 5.32 Å². The molecule has 0 bridgehead atoms. The summed E-state index contributed by atoms with van der Waals surface area (Å²) in [5.41, 5.74) is 16.2. The van der Waals surface area contributed by atoms with Crippen LogP contribution in [0.5, 0.6) is 0 Å². The normalized spacial score (nSPS) is 30.7. The van der Waals surface area contributed by atoms with Crippen LogP contribution in [0.4, 0.5) is 8.78 Å². The molecule has 0 radical (unpaired) electrons. The number of carbonyl (C=O) groups is 1. The van der Waals surface area contributed by atoms with Crippen LogP contribution < -0.4 is 5.32 Å². The van der Waals surface area contributed by atoms with Crippen molar-refractivity contribution in [3.8, 4) is 0 Å². The summed E-state index contributed by atoms with van der Waals surface area (Å²) in [4.78, 5) is 15.7. The number of nitrogens with one attached hydrogen (secondary N) is 1. The third-order valence-electron chi connectivity index (χ3n) is 3.00. The average molecular weight is 337 g/mol. The molecule has 0 aromatic carbocycles. The molecule has 1 fully saturated rings. The molecule has 0 aromatic heterocycles. The maximum absolute atomic E-state index is 13.2. The molecule has 2 unspecified atom stereocenters. The molecule has 23 heavy (non-hydrogen) atoms. The number of methoxy groups -OCH3 is 1. The van der Waals surface area contributed by atoms with Crippen molar-refractivity contribution in [2.24, 2.45) is 10.2 Å². The van der Waals surface area contributed by atoms with E-state index in [2.05, 4.69) is 10.0 Å². The Morgan fingerprint density at radius 2 is 2.04 bits per heavy atom. The van der Waals surface area contributed by atoms with E-state index in [0.29, 0.717) is 0 Å². The first-order valence-electron chi connectivity index (χ1n) is 6.08. The van der Waals surface area contributed by atoms with Gasteiger partial charge in [-0.05, 0) is 16.2 Å². The highest BCUT2D eigenvalue weighted by Gasteiger charge is 2.48. The summed E-state index contributed by atoms with van der Waals surface area (Å²) < 4.78 is 36.3. The van der Waals surface area contributed by atoms with Gasteiger partial charge in [0.25, 0.3) is 5.91 Å². The largest absolute Gasteiger partial charge is 0.401 e. The molecule has 5 atom stereocenters. The van der Waals surface area contributed by atoms with Gasteiger partial charge < -0.3 is 25.0 Å². The maximum atomic E-state index is 13.2. The molecule has 1 saturated heterocycles. The average Bonchev–Trinajstić information content (AvgIpc) is 2.51. The van der Waals surface area contributed by atoms with Crippen LogP contribution in [0.3, 0.4) is 0 Å². The highest BCUT2D eigenvalue weighted by atomic mass is 19.3. The van der Waals surface area contributed by atoms with Crippen LogP contribution in [0.15, 0.2) is 10.2 Å². The molecule has 0 spiro atoms. The second-order valence-electron chi connectivity index (χ2n) is 4.40. The number of nitrogens with zero attached hydrogens (tertiary/aromatic N) is 6. The topological polar surface area (TPSA) is 186 Å². The van der Waals surface area contributed by atoms with Gasteiger partial charge in [-0.15, -0.1) is 0 Å². The van der Waals surface area contributed by atoms with E-state index in [1.54, 1.807) is 5.32 Å². The Hall–Kier alpha value is -2.21. The Kier molecular flexibility index (Phi) is 6.45. The highest BCUT2D eigenvalue weighted by Crippen LogP contribution is 2.24. The molecular formula is C9H13F2N7O5. The molecular weight excluding hydrogens is 324 g/mol. The molecule has 1 aliphatic heterocycles. The van der Waals surface area contributed by atoms with Gasteiger partial charge in [0.15, 0.2) is 6.29 Å². The Labute approximate surface area is 127 Å². The molecule has 0 aromatic rings. The Balaban J connectivity index is 2.91. The summed E-state index contributed by atoms with van der Waals surface area (Å²) in [5, 5.41) is 26.7. The quantitative estimate of drug-likeness (QED) is 0.261. The molecule has 14 heteroatoms. The second kappa shape index (κ2) is 7.87. The van der Waals surface area contributed by atoms with E-state index in [4.69, 9.17) is 20.5 Å². The Morgan fingerprint density at radius 3 is 2.57 bits per heavy atom. The number of hydrogen-bond acceptors (Lipinski definition) is 7. The predicted molar refractivity (Wildman–Crippen MR) is 67.7 cm³/mol. The van der Waals surface area contributed by atoms with Crippen LogP contribution >= 0.6 is 0 Å². The van der Waals surface area contributed by atoms with Crippen molar-refractivity contribution >= 4 is 5.91 Å². The van der Waals surface area contributed by atoms with E-state index in [1.165, 1.54) is 0 Å². The van der Waals surface area contributed by atoms with E-state index in [9.17, 15) is 23.8 Å². The van der Waals surface area contributed by atoms with Crippen LogP contribution in [-0.2, 0) is 14.3 Å². The predicted octanol–water partition coefficient (Wildman–Crippen LogP) is -0.222. The highest BCUT2D eigenvalue weighted by molar-refractivity contribution is 5.83. The number of rotatable bonds is 6. The van der Waals surface area contributed by atoms with Gasteiger partial charge >= 0.3 is 6.05 Å². The maximum Gasteiger partial charge on any atom is 0.401 e.